The van der Waals surface area contributed by atoms with Crippen molar-refractivity contribution in [2.75, 3.05) is 39.3 Å². The summed E-state index contributed by atoms with van der Waals surface area (Å²) in [6.07, 6.45) is 4.76. The Hall–Kier alpha value is -1.03. The van der Waals surface area contributed by atoms with Crippen molar-refractivity contribution in [3.05, 3.63) is 11.6 Å². The fourth-order valence-corrected chi connectivity index (χ4v) is 5.09. The average molecular weight is 356 g/mol. The normalized spacial score (nSPS) is 22.5. The van der Waals surface area contributed by atoms with E-state index in [0.29, 0.717) is 32.7 Å². The summed E-state index contributed by atoms with van der Waals surface area (Å²) in [6.45, 7) is 6.83. The van der Waals surface area contributed by atoms with E-state index in [9.17, 15) is 8.42 Å². The summed E-state index contributed by atoms with van der Waals surface area (Å²) >= 11 is 0. The second-order valence-corrected chi connectivity index (χ2v) is 8.48. The van der Waals surface area contributed by atoms with Gasteiger partial charge in [-0.2, -0.15) is 22.1 Å². The number of hydrogen-bond acceptors (Lipinski definition) is 5. The van der Waals surface area contributed by atoms with E-state index in [1.807, 2.05) is 6.92 Å². The molecule has 0 bridgehead atoms. The number of aromatic amines is 1. The Morgan fingerprint density at radius 1 is 0.958 bits per heavy atom. The van der Waals surface area contributed by atoms with Crippen LogP contribution in [0.15, 0.2) is 0 Å². The topological polar surface area (TPSA) is 85.4 Å². The van der Waals surface area contributed by atoms with Crippen molar-refractivity contribution < 1.29 is 8.42 Å². The van der Waals surface area contributed by atoms with Gasteiger partial charge in [0, 0.05) is 39.1 Å². The number of aryl methyl sites for hydroxylation is 1. The first kappa shape index (κ1) is 17.8. The molecule has 1 aromatic rings. The number of piperidine rings is 1. The number of rotatable bonds is 5. The van der Waals surface area contributed by atoms with E-state index in [2.05, 4.69) is 20.1 Å². The highest BCUT2D eigenvalue weighted by Crippen LogP contribution is 2.18. The van der Waals surface area contributed by atoms with Crippen LogP contribution in [0.4, 0.5) is 0 Å². The minimum atomic E-state index is -3.30. The van der Waals surface area contributed by atoms with Crippen molar-refractivity contribution >= 4 is 10.2 Å². The van der Waals surface area contributed by atoms with Crippen LogP contribution >= 0.6 is 0 Å². The second-order valence-electron chi connectivity index (χ2n) is 6.55. The lowest BCUT2D eigenvalue weighted by Crippen LogP contribution is -2.47. The Kier molecular flexibility index (Phi) is 5.85. The fraction of sp³-hybridized carbons (Fsp3) is 0.867. The van der Waals surface area contributed by atoms with Crippen molar-refractivity contribution in [2.45, 2.75) is 45.6 Å². The van der Waals surface area contributed by atoms with Gasteiger partial charge in [-0.05, 0) is 25.8 Å². The van der Waals surface area contributed by atoms with Crippen molar-refractivity contribution in [1.29, 1.82) is 0 Å². The summed E-state index contributed by atoms with van der Waals surface area (Å²) in [4.78, 5) is 6.70. The standard InChI is InChI=1S/C15H28N6O2S/c1-2-14-16-15(18-17-14)13-19-7-6-10-21(12-11-19)24(22,23)20-8-4-3-5-9-20/h2-13H2,1H3,(H,16,17,18). The number of aromatic nitrogens is 3. The van der Waals surface area contributed by atoms with Crippen LogP contribution in [-0.2, 0) is 23.2 Å². The van der Waals surface area contributed by atoms with Gasteiger partial charge in [-0.1, -0.05) is 13.3 Å². The maximum Gasteiger partial charge on any atom is 0.282 e. The Labute approximate surface area is 144 Å². The third-order valence-electron chi connectivity index (χ3n) is 4.78. The largest absolute Gasteiger partial charge is 0.295 e. The number of nitrogens with one attached hydrogen (secondary N) is 1. The molecule has 1 aromatic heterocycles. The molecule has 9 heteroatoms. The van der Waals surface area contributed by atoms with Crippen molar-refractivity contribution in [2.24, 2.45) is 0 Å². The van der Waals surface area contributed by atoms with Gasteiger partial charge in [0.1, 0.15) is 11.6 Å². The summed E-state index contributed by atoms with van der Waals surface area (Å²) in [6, 6.07) is 0. The van der Waals surface area contributed by atoms with Gasteiger partial charge in [0.05, 0.1) is 6.54 Å². The zero-order valence-corrected chi connectivity index (χ0v) is 15.3. The molecule has 0 unspecified atom stereocenters. The Morgan fingerprint density at radius 3 is 2.38 bits per heavy atom. The summed E-state index contributed by atoms with van der Waals surface area (Å²) in [5, 5.41) is 7.14. The molecule has 2 aliphatic rings. The van der Waals surface area contributed by atoms with Crippen molar-refractivity contribution in [1.82, 2.24) is 28.7 Å². The highest BCUT2D eigenvalue weighted by atomic mass is 32.2. The summed E-state index contributed by atoms with van der Waals surface area (Å²) in [5.74, 6) is 1.69. The van der Waals surface area contributed by atoms with Crippen LogP contribution in [0.5, 0.6) is 0 Å². The molecule has 2 fully saturated rings. The van der Waals surface area contributed by atoms with Gasteiger partial charge in [0.15, 0.2) is 0 Å². The molecule has 8 nitrogen and oxygen atoms in total. The van der Waals surface area contributed by atoms with Crippen LogP contribution in [-0.4, -0.2) is 76.4 Å². The first-order valence-corrected chi connectivity index (χ1v) is 10.4. The SMILES string of the molecule is CCc1n[nH]c(CN2CCCN(S(=O)(=O)N3CCCCC3)CC2)n1. The predicted molar refractivity (Wildman–Crippen MR) is 91.6 cm³/mol. The van der Waals surface area contributed by atoms with Crippen LogP contribution in [0.25, 0.3) is 0 Å². The van der Waals surface area contributed by atoms with E-state index in [1.165, 1.54) is 0 Å². The summed E-state index contributed by atoms with van der Waals surface area (Å²) < 4.78 is 28.9. The van der Waals surface area contributed by atoms with Gasteiger partial charge >= 0.3 is 0 Å². The Morgan fingerprint density at radius 2 is 1.67 bits per heavy atom. The maximum atomic E-state index is 12.8. The molecule has 0 amide bonds. The van der Waals surface area contributed by atoms with Gasteiger partial charge in [-0.25, -0.2) is 4.98 Å². The first-order valence-electron chi connectivity index (χ1n) is 8.97. The van der Waals surface area contributed by atoms with Crippen molar-refractivity contribution in [3.63, 3.8) is 0 Å². The van der Waals surface area contributed by atoms with Crippen LogP contribution < -0.4 is 0 Å². The lowest BCUT2D eigenvalue weighted by Gasteiger charge is -2.31. The monoisotopic (exact) mass is 356 g/mol. The van der Waals surface area contributed by atoms with Gasteiger partial charge in [-0.15, -0.1) is 0 Å². The van der Waals surface area contributed by atoms with Gasteiger partial charge in [0.2, 0.25) is 0 Å². The number of nitrogens with zero attached hydrogens (tertiary/aromatic N) is 5. The molecule has 0 saturated carbocycles. The molecule has 2 saturated heterocycles. The zero-order chi connectivity index (χ0) is 17.0. The molecular formula is C15H28N6O2S. The number of hydrogen-bond donors (Lipinski definition) is 1. The van der Waals surface area contributed by atoms with Crippen LogP contribution in [0, 0.1) is 0 Å². The molecule has 136 valence electrons. The lowest BCUT2D eigenvalue weighted by atomic mass is 10.2. The van der Waals surface area contributed by atoms with E-state index in [-0.39, 0.29) is 0 Å². The molecule has 2 aliphatic heterocycles. The highest BCUT2D eigenvalue weighted by Gasteiger charge is 2.31. The molecule has 24 heavy (non-hydrogen) atoms. The third kappa shape index (κ3) is 4.14. The van der Waals surface area contributed by atoms with E-state index in [4.69, 9.17) is 0 Å². The highest BCUT2D eigenvalue weighted by molar-refractivity contribution is 7.86. The minimum Gasteiger partial charge on any atom is -0.295 e. The quantitative estimate of drug-likeness (QED) is 0.835. The molecule has 3 heterocycles. The summed E-state index contributed by atoms with van der Waals surface area (Å²) in [7, 11) is -3.30. The fourth-order valence-electron chi connectivity index (χ4n) is 3.37. The number of H-pyrrole nitrogens is 1. The predicted octanol–water partition coefficient (Wildman–Crippen LogP) is 0.606. The van der Waals surface area contributed by atoms with E-state index >= 15 is 0 Å². The molecule has 1 N–H and O–H groups in total. The molecular weight excluding hydrogens is 328 g/mol. The molecule has 0 radical (unpaired) electrons. The van der Waals surface area contributed by atoms with Crippen LogP contribution in [0.2, 0.25) is 0 Å². The molecule has 0 spiro atoms. The van der Waals surface area contributed by atoms with Crippen LogP contribution in [0.1, 0.15) is 44.3 Å². The van der Waals surface area contributed by atoms with Crippen LogP contribution in [0.3, 0.4) is 0 Å². The Bertz CT molecular complexity index is 626. The van der Waals surface area contributed by atoms with Gasteiger partial charge in [0.25, 0.3) is 10.2 Å². The van der Waals surface area contributed by atoms with Crippen molar-refractivity contribution in [3.8, 4) is 0 Å². The Balaban J connectivity index is 1.58. The van der Waals surface area contributed by atoms with Gasteiger partial charge in [-0.3, -0.25) is 10.00 Å². The van der Waals surface area contributed by atoms with E-state index in [1.54, 1.807) is 8.61 Å². The molecule has 3 rings (SSSR count). The molecule has 0 aromatic carbocycles. The second kappa shape index (κ2) is 7.90. The smallest absolute Gasteiger partial charge is 0.282 e. The third-order valence-corrected chi connectivity index (χ3v) is 6.82. The van der Waals surface area contributed by atoms with Gasteiger partial charge < -0.3 is 0 Å². The van der Waals surface area contributed by atoms with E-state index < -0.39 is 10.2 Å². The minimum absolute atomic E-state index is 0.549. The molecule has 0 aliphatic carbocycles. The lowest BCUT2D eigenvalue weighted by molar-refractivity contribution is 0.267. The zero-order valence-electron chi connectivity index (χ0n) is 14.4. The summed E-state index contributed by atoms with van der Waals surface area (Å²) in [5.41, 5.74) is 0. The maximum absolute atomic E-state index is 12.8. The first-order chi connectivity index (χ1) is 11.6. The average Bonchev–Trinajstić information content (AvgIpc) is 2.92. The molecule has 0 atom stereocenters. The van der Waals surface area contributed by atoms with E-state index in [0.717, 1.165) is 56.8 Å².